The molecule has 0 unspecified atom stereocenters. The van der Waals surface area contributed by atoms with Gasteiger partial charge in [-0.2, -0.15) is 5.10 Å². The lowest BCUT2D eigenvalue weighted by Gasteiger charge is -2.13. The Morgan fingerprint density at radius 3 is 2.17 bits per heavy atom. The number of nitrogens with zero attached hydrogens (tertiary/aromatic N) is 3. The molecule has 3 aromatic rings. The Balaban J connectivity index is 1.84. The summed E-state index contributed by atoms with van der Waals surface area (Å²) in [4.78, 5) is 45.9. The van der Waals surface area contributed by atoms with Crippen LogP contribution >= 0.6 is 0 Å². The fourth-order valence-corrected chi connectivity index (χ4v) is 2.93. The summed E-state index contributed by atoms with van der Waals surface area (Å²) in [5, 5.41) is 19.5. The van der Waals surface area contributed by atoms with Crippen LogP contribution in [0.2, 0.25) is 0 Å². The molecule has 0 atom stereocenters. The Labute approximate surface area is 169 Å². The second-order valence-corrected chi connectivity index (χ2v) is 6.31. The molecule has 0 saturated carbocycles. The van der Waals surface area contributed by atoms with Crippen LogP contribution in [0.3, 0.4) is 0 Å². The molecule has 1 fully saturated rings. The monoisotopic (exact) mass is 403 g/mol. The number of aromatic nitrogens is 2. The van der Waals surface area contributed by atoms with Crippen molar-refractivity contribution >= 4 is 29.6 Å². The first-order valence-corrected chi connectivity index (χ1v) is 8.70. The third-order valence-electron chi connectivity index (χ3n) is 4.36. The number of amides is 4. The van der Waals surface area contributed by atoms with Crippen LogP contribution in [0.1, 0.15) is 5.56 Å². The topological polar surface area (TPSA) is 136 Å². The van der Waals surface area contributed by atoms with Gasteiger partial charge in [-0.1, -0.05) is 18.2 Å². The number of carbonyl (C=O) groups excluding carboxylic acids is 3. The van der Waals surface area contributed by atoms with E-state index >= 15 is 0 Å². The maximum absolute atomic E-state index is 12.1. The second-order valence-electron chi connectivity index (χ2n) is 6.31. The lowest BCUT2D eigenvalue weighted by atomic mass is 10.0. The molecule has 1 saturated heterocycles. The third-order valence-corrected chi connectivity index (χ3v) is 4.36. The molecule has 2 N–H and O–H groups in total. The summed E-state index contributed by atoms with van der Waals surface area (Å²) in [6.07, 6.45) is 2.94. The van der Waals surface area contributed by atoms with Crippen molar-refractivity contribution in [1.82, 2.24) is 20.4 Å². The van der Waals surface area contributed by atoms with E-state index in [2.05, 4.69) is 5.10 Å². The maximum Gasteiger partial charge on any atom is 0.328 e. The van der Waals surface area contributed by atoms with Gasteiger partial charge in [0.15, 0.2) is 0 Å². The molecule has 1 aliphatic heterocycles. The molecule has 0 spiro atoms. The number of rotatable bonds is 4. The zero-order valence-corrected chi connectivity index (χ0v) is 15.2. The average molecular weight is 403 g/mol. The Bertz CT molecular complexity index is 1190. The Morgan fingerprint density at radius 1 is 0.933 bits per heavy atom. The highest BCUT2D eigenvalue weighted by atomic mass is 16.6. The predicted molar refractivity (Wildman–Crippen MR) is 105 cm³/mol. The summed E-state index contributed by atoms with van der Waals surface area (Å²) < 4.78 is 1.56. The molecular weight excluding hydrogens is 390 g/mol. The van der Waals surface area contributed by atoms with E-state index in [1.165, 1.54) is 30.3 Å². The number of non-ortho nitro benzene ring substituents is 1. The molecule has 1 aromatic heterocycles. The van der Waals surface area contributed by atoms with E-state index in [-0.39, 0.29) is 11.3 Å². The van der Waals surface area contributed by atoms with Crippen LogP contribution < -0.4 is 10.6 Å². The summed E-state index contributed by atoms with van der Waals surface area (Å²) >= 11 is 0. The number of nitrogens with one attached hydrogen (secondary N) is 2. The van der Waals surface area contributed by atoms with Gasteiger partial charge in [0.1, 0.15) is 5.57 Å². The molecule has 4 amide bonds. The fourth-order valence-electron chi connectivity index (χ4n) is 2.93. The van der Waals surface area contributed by atoms with E-state index in [1.807, 2.05) is 41.0 Å². The molecule has 2 aromatic carbocycles. The van der Waals surface area contributed by atoms with E-state index in [0.29, 0.717) is 16.8 Å². The molecule has 1 aliphatic rings. The first-order valence-electron chi connectivity index (χ1n) is 8.70. The summed E-state index contributed by atoms with van der Waals surface area (Å²) in [6, 6.07) is 14.0. The van der Waals surface area contributed by atoms with Crippen molar-refractivity contribution in [2.24, 2.45) is 0 Å². The molecular formula is C20H13N5O5. The zero-order chi connectivity index (χ0) is 21.3. The third kappa shape index (κ3) is 3.56. The smallest absolute Gasteiger partial charge is 0.273 e. The number of nitro benzene ring substituents is 1. The quantitative estimate of drug-likeness (QED) is 0.297. The zero-order valence-electron chi connectivity index (χ0n) is 15.2. The normalized spacial score (nSPS) is 13.6. The minimum atomic E-state index is -0.891. The highest BCUT2D eigenvalue weighted by Crippen LogP contribution is 2.27. The van der Waals surface area contributed by atoms with Gasteiger partial charge >= 0.3 is 6.03 Å². The van der Waals surface area contributed by atoms with Crippen LogP contribution in [0.5, 0.6) is 0 Å². The molecule has 0 bridgehead atoms. The Hall–Kier alpha value is -4.60. The molecule has 30 heavy (non-hydrogen) atoms. The van der Waals surface area contributed by atoms with E-state index < -0.39 is 22.8 Å². The summed E-state index contributed by atoms with van der Waals surface area (Å²) in [7, 11) is 0. The molecule has 148 valence electrons. The standard InChI is InChI=1S/C20H13N5O5/c26-18-16(19(27)22-20(28)21-18)10-13-11-24(14-4-2-1-3-5-14)23-17(13)12-6-8-15(9-7-12)25(29)30/h1-11H,(H2,21,22,26,27,28). The first-order chi connectivity index (χ1) is 14.4. The summed E-state index contributed by atoms with van der Waals surface area (Å²) in [6.45, 7) is 0. The number of nitro groups is 1. The van der Waals surface area contributed by atoms with Crippen molar-refractivity contribution in [3.05, 3.63) is 82.0 Å². The van der Waals surface area contributed by atoms with Gasteiger partial charge in [-0.05, 0) is 30.3 Å². The van der Waals surface area contributed by atoms with Crippen molar-refractivity contribution in [1.29, 1.82) is 0 Å². The van der Waals surface area contributed by atoms with Gasteiger partial charge in [-0.25, -0.2) is 9.48 Å². The Kier molecular flexibility index (Phi) is 4.64. The molecule has 10 heteroatoms. The van der Waals surface area contributed by atoms with Gasteiger partial charge in [0.25, 0.3) is 17.5 Å². The van der Waals surface area contributed by atoms with Crippen molar-refractivity contribution in [3.63, 3.8) is 0 Å². The van der Waals surface area contributed by atoms with E-state index in [0.717, 1.165) is 5.69 Å². The average Bonchev–Trinajstić information content (AvgIpc) is 3.15. The van der Waals surface area contributed by atoms with Gasteiger partial charge in [-0.3, -0.25) is 30.3 Å². The first kappa shape index (κ1) is 18.7. The van der Waals surface area contributed by atoms with Gasteiger partial charge in [-0.15, -0.1) is 0 Å². The van der Waals surface area contributed by atoms with Crippen molar-refractivity contribution < 1.29 is 19.3 Å². The number of imide groups is 2. The number of carbonyl (C=O) groups is 3. The maximum atomic E-state index is 12.1. The SMILES string of the molecule is O=C1NC(=O)C(=Cc2cn(-c3ccccc3)nc2-c2ccc([N+](=O)[O-])cc2)C(=O)N1. The largest absolute Gasteiger partial charge is 0.328 e. The van der Waals surface area contributed by atoms with Crippen LogP contribution in [0.25, 0.3) is 23.0 Å². The van der Waals surface area contributed by atoms with Crippen molar-refractivity contribution in [2.75, 3.05) is 0 Å². The molecule has 2 heterocycles. The van der Waals surface area contributed by atoms with Crippen LogP contribution in [-0.2, 0) is 9.59 Å². The van der Waals surface area contributed by atoms with Gasteiger partial charge in [0.2, 0.25) is 0 Å². The number of hydrogen-bond donors (Lipinski definition) is 2. The van der Waals surface area contributed by atoms with E-state index in [9.17, 15) is 24.5 Å². The molecule has 4 rings (SSSR count). The van der Waals surface area contributed by atoms with Gasteiger partial charge in [0.05, 0.1) is 16.3 Å². The van der Waals surface area contributed by atoms with Gasteiger partial charge < -0.3 is 0 Å². The lowest BCUT2D eigenvalue weighted by Crippen LogP contribution is -2.51. The number of barbiturate groups is 1. The Morgan fingerprint density at radius 2 is 1.57 bits per heavy atom. The van der Waals surface area contributed by atoms with Crippen LogP contribution in [-0.4, -0.2) is 32.5 Å². The molecule has 10 nitrogen and oxygen atoms in total. The predicted octanol–water partition coefficient (Wildman–Crippen LogP) is 2.20. The minimum absolute atomic E-state index is 0.0781. The molecule has 0 radical (unpaired) electrons. The lowest BCUT2D eigenvalue weighted by molar-refractivity contribution is -0.384. The number of benzene rings is 2. The summed E-state index contributed by atoms with van der Waals surface area (Å²) in [5.74, 6) is -1.66. The van der Waals surface area contributed by atoms with Crippen LogP contribution in [0.15, 0.2) is 66.4 Å². The fraction of sp³-hybridized carbons (Fsp3) is 0. The van der Waals surface area contributed by atoms with E-state index in [1.54, 1.807) is 10.9 Å². The minimum Gasteiger partial charge on any atom is -0.273 e. The molecule has 0 aliphatic carbocycles. The van der Waals surface area contributed by atoms with Crippen LogP contribution in [0, 0.1) is 10.1 Å². The van der Waals surface area contributed by atoms with Crippen LogP contribution in [0.4, 0.5) is 10.5 Å². The number of urea groups is 1. The highest BCUT2D eigenvalue weighted by molar-refractivity contribution is 6.31. The van der Waals surface area contributed by atoms with Crippen molar-refractivity contribution in [2.45, 2.75) is 0 Å². The summed E-state index contributed by atoms with van der Waals surface area (Å²) in [5.41, 5.74) is 1.77. The highest BCUT2D eigenvalue weighted by Gasteiger charge is 2.28. The second kappa shape index (κ2) is 7.43. The number of para-hydroxylation sites is 1. The number of hydrogen-bond acceptors (Lipinski definition) is 6. The van der Waals surface area contributed by atoms with E-state index in [4.69, 9.17) is 0 Å². The van der Waals surface area contributed by atoms with Gasteiger partial charge in [0, 0.05) is 29.5 Å². The van der Waals surface area contributed by atoms with Crippen molar-refractivity contribution in [3.8, 4) is 16.9 Å².